The Balaban J connectivity index is 2.14. The molecule has 0 saturated carbocycles. The number of hydrogen-bond donors (Lipinski definition) is 1. The van der Waals surface area contributed by atoms with Crippen molar-refractivity contribution in [3.8, 4) is 0 Å². The first-order valence-electron chi connectivity index (χ1n) is 6.11. The van der Waals surface area contributed by atoms with Crippen molar-refractivity contribution >= 4 is 11.3 Å². The molecule has 90 valence electrons. The second-order valence-electron chi connectivity index (χ2n) is 4.29. The third-order valence-electron chi connectivity index (χ3n) is 2.98. The van der Waals surface area contributed by atoms with Gasteiger partial charge in [0.25, 0.3) is 0 Å². The number of aromatic nitrogens is 1. The summed E-state index contributed by atoms with van der Waals surface area (Å²) in [5.74, 6) is 0.509. The Kier molecular flexibility index (Phi) is 4.32. The highest BCUT2D eigenvalue weighted by Gasteiger charge is 2.21. The summed E-state index contributed by atoms with van der Waals surface area (Å²) in [7, 11) is 0. The second-order valence-corrected chi connectivity index (χ2v) is 5.41. The maximum absolute atomic E-state index is 5.76. The van der Waals surface area contributed by atoms with Crippen molar-refractivity contribution in [3.63, 3.8) is 0 Å². The van der Waals surface area contributed by atoms with Crippen LogP contribution in [0.2, 0.25) is 0 Å². The van der Waals surface area contributed by atoms with Crippen LogP contribution in [0.15, 0.2) is 0 Å². The average Bonchev–Trinajstić information content (AvgIpc) is 2.74. The molecule has 0 radical (unpaired) electrons. The van der Waals surface area contributed by atoms with E-state index in [4.69, 9.17) is 15.5 Å². The van der Waals surface area contributed by atoms with E-state index in [1.54, 1.807) is 11.3 Å². The molecule has 0 bridgehead atoms. The highest BCUT2D eigenvalue weighted by Crippen LogP contribution is 2.31. The third-order valence-corrected chi connectivity index (χ3v) is 4.26. The predicted molar refractivity (Wildman–Crippen MR) is 66.8 cm³/mol. The first-order valence-corrected chi connectivity index (χ1v) is 6.93. The highest BCUT2D eigenvalue weighted by atomic mass is 32.1. The Hall–Kier alpha value is -0.450. The van der Waals surface area contributed by atoms with E-state index in [9.17, 15) is 0 Å². The molecule has 0 spiro atoms. The SMILES string of the molecule is CCCc1nc(C2CCCOC2)sc1CN. The zero-order valence-corrected chi connectivity index (χ0v) is 10.7. The number of hydrogen-bond acceptors (Lipinski definition) is 4. The number of nitrogens with two attached hydrogens (primary N) is 1. The lowest BCUT2D eigenvalue weighted by molar-refractivity contribution is 0.0803. The van der Waals surface area contributed by atoms with E-state index in [1.165, 1.54) is 22.0 Å². The fourth-order valence-electron chi connectivity index (χ4n) is 2.11. The van der Waals surface area contributed by atoms with Gasteiger partial charge in [-0.1, -0.05) is 13.3 Å². The molecule has 2 heterocycles. The normalized spacial score (nSPS) is 21.2. The zero-order valence-electron chi connectivity index (χ0n) is 9.87. The minimum atomic E-state index is 0.509. The molecule has 1 atom stereocenters. The average molecular weight is 240 g/mol. The third kappa shape index (κ3) is 2.62. The Morgan fingerprint density at radius 1 is 1.56 bits per heavy atom. The van der Waals surface area contributed by atoms with Crippen LogP contribution in [0.25, 0.3) is 0 Å². The number of thiazole rings is 1. The summed E-state index contributed by atoms with van der Waals surface area (Å²) in [6.45, 7) is 4.56. The van der Waals surface area contributed by atoms with Crippen molar-refractivity contribution in [2.24, 2.45) is 5.73 Å². The minimum Gasteiger partial charge on any atom is -0.381 e. The number of nitrogens with zero attached hydrogens (tertiary/aromatic N) is 1. The molecule has 0 aromatic carbocycles. The van der Waals surface area contributed by atoms with Gasteiger partial charge in [0.1, 0.15) is 0 Å². The standard InChI is InChI=1S/C12H20N2OS/c1-2-4-10-11(7-13)16-12(14-10)9-5-3-6-15-8-9/h9H,2-8,13H2,1H3. The van der Waals surface area contributed by atoms with E-state index in [0.717, 1.165) is 32.5 Å². The van der Waals surface area contributed by atoms with E-state index in [1.807, 2.05) is 0 Å². The van der Waals surface area contributed by atoms with Crippen LogP contribution in [0, 0.1) is 0 Å². The summed E-state index contributed by atoms with van der Waals surface area (Å²) in [5, 5.41) is 1.24. The molecule has 1 aliphatic heterocycles. The van der Waals surface area contributed by atoms with Gasteiger partial charge in [-0.2, -0.15) is 0 Å². The number of ether oxygens (including phenoxy) is 1. The molecule has 4 heteroatoms. The van der Waals surface area contributed by atoms with Crippen LogP contribution in [0.5, 0.6) is 0 Å². The summed E-state index contributed by atoms with van der Waals surface area (Å²) in [6.07, 6.45) is 4.56. The molecular weight excluding hydrogens is 220 g/mol. The maximum Gasteiger partial charge on any atom is 0.0985 e. The first kappa shape index (κ1) is 12.0. The maximum atomic E-state index is 5.76. The van der Waals surface area contributed by atoms with Gasteiger partial charge in [0.05, 0.1) is 17.3 Å². The van der Waals surface area contributed by atoms with E-state index in [-0.39, 0.29) is 0 Å². The van der Waals surface area contributed by atoms with Crippen LogP contribution < -0.4 is 5.73 Å². The molecule has 1 saturated heterocycles. The van der Waals surface area contributed by atoms with Crippen LogP contribution in [0.3, 0.4) is 0 Å². The zero-order chi connectivity index (χ0) is 11.4. The van der Waals surface area contributed by atoms with Gasteiger partial charge >= 0.3 is 0 Å². The monoisotopic (exact) mass is 240 g/mol. The van der Waals surface area contributed by atoms with Crippen LogP contribution in [0.4, 0.5) is 0 Å². The van der Waals surface area contributed by atoms with E-state index < -0.39 is 0 Å². The molecule has 1 aromatic rings. The van der Waals surface area contributed by atoms with Crippen molar-refractivity contribution in [1.29, 1.82) is 0 Å². The van der Waals surface area contributed by atoms with Gasteiger partial charge in [-0.15, -0.1) is 11.3 Å². The van der Waals surface area contributed by atoms with E-state index in [2.05, 4.69) is 6.92 Å². The second kappa shape index (κ2) is 5.75. The lowest BCUT2D eigenvalue weighted by Gasteiger charge is -2.19. The molecule has 0 amide bonds. The largest absolute Gasteiger partial charge is 0.381 e. The predicted octanol–water partition coefficient (Wildman–Crippen LogP) is 2.45. The number of rotatable bonds is 4. The molecule has 1 aliphatic rings. The molecule has 1 aromatic heterocycles. The minimum absolute atomic E-state index is 0.509. The topological polar surface area (TPSA) is 48.1 Å². The summed E-state index contributed by atoms with van der Waals surface area (Å²) in [5.41, 5.74) is 6.98. The van der Waals surface area contributed by atoms with Crippen LogP contribution in [0.1, 0.15) is 47.7 Å². The van der Waals surface area contributed by atoms with Crippen molar-refractivity contribution in [2.75, 3.05) is 13.2 Å². The van der Waals surface area contributed by atoms with E-state index in [0.29, 0.717) is 12.5 Å². The molecular formula is C12H20N2OS. The van der Waals surface area contributed by atoms with Crippen molar-refractivity contribution in [2.45, 2.75) is 45.1 Å². The van der Waals surface area contributed by atoms with Crippen LogP contribution in [-0.2, 0) is 17.7 Å². The molecule has 2 rings (SSSR count). The van der Waals surface area contributed by atoms with Crippen molar-refractivity contribution in [1.82, 2.24) is 4.98 Å². The smallest absolute Gasteiger partial charge is 0.0985 e. The number of aryl methyl sites for hydroxylation is 1. The van der Waals surface area contributed by atoms with Gasteiger partial charge in [-0.25, -0.2) is 4.98 Å². The molecule has 2 N–H and O–H groups in total. The Morgan fingerprint density at radius 3 is 3.06 bits per heavy atom. The molecule has 3 nitrogen and oxygen atoms in total. The Labute approximate surface area is 101 Å². The van der Waals surface area contributed by atoms with Crippen molar-refractivity contribution < 1.29 is 4.74 Å². The van der Waals surface area contributed by atoms with Crippen LogP contribution in [-0.4, -0.2) is 18.2 Å². The molecule has 1 fully saturated rings. The van der Waals surface area contributed by atoms with Crippen LogP contribution >= 0.6 is 11.3 Å². The van der Waals surface area contributed by atoms with E-state index >= 15 is 0 Å². The lowest BCUT2D eigenvalue weighted by Crippen LogP contribution is -2.15. The fourth-order valence-corrected chi connectivity index (χ4v) is 3.21. The summed E-state index contributed by atoms with van der Waals surface area (Å²) in [6, 6.07) is 0. The molecule has 1 unspecified atom stereocenters. The van der Waals surface area contributed by atoms with Gasteiger partial charge in [0, 0.05) is 23.9 Å². The summed E-state index contributed by atoms with van der Waals surface area (Å²) >= 11 is 1.79. The Bertz CT molecular complexity index is 332. The first-order chi connectivity index (χ1) is 7.85. The van der Waals surface area contributed by atoms with Gasteiger partial charge in [-0.05, 0) is 19.3 Å². The quantitative estimate of drug-likeness (QED) is 0.879. The summed E-state index contributed by atoms with van der Waals surface area (Å²) in [4.78, 5) is 6.02. The molecule has 0 aliphatic carbocycles. The van der Waals surface area contributed by atoms with Gasteiger partial charge in [-0.3, -0.25) is 0 Å². The molecule has 16 heavy (non-hydrogen) atoms. The van der Waals surface area contributed by atoms with Crippen molar-refractivity contribution in [3.05, 3.63) is 15.6 Å². The van der Waals surface area contributed by atoms with Gasteiger partial charge in [0.15, 0.2) is 0 Å². The lowest BCUT2D eigenvalue weighted by atomic mass is 10.0. The Morgan fingerprint density at radius 2 is 2.44 bits per heavy atom. The van der Waals surface area contributed by atoms with Gasteiger partial charge < -0.3 is 10.5 Å². The highest BCUT2D eigenvalue weighted by molar-refractivity contribution is 7.11. The fraction of sp³-hybridized carbons (Fsp3) is 0.750. The van der Waals surface area contributed by atoms with Gasteiger partial charge in [0.2, 0.25) is 0 Å². The summed E-state index contributed by atoms with van der Waals surface area (Å²) < 4.78 is 5.51.